The number of carbonyl (C=O) groups excluding carboxylic acids is 1. The Morgan fingerprint density at radius 3 is 2.59 bits per heavy atom. The Labute approximate surface area is 176 Å². The second-order valence-electron chi connectivity index (χ2n) is 7.83. The molecule has 6 heteroatoms. The SMILES string of the molecule is CSc1ccc(C[NH+](C)CC(=O)N2CCC(c3nc4ccccc4o3)CC2)cc1. The predicted molar refractivity (Wildman–Crippen MR) is 116 cm³/mol. The summed E-state index contributed by atoms with van der Waals surface area (Å²) in [5.41, 5.74) is 3.02. The molecular weight excluding hydrogens is 382 g/mol. The summed E-state index contributed by atoms with van der Waals surface area (Å²) in [6.07, 6.45) is 3.90. The van der Waals surface area contributed by atoms with Crippen LogP contribution in [0.1, 0.15) is 30.2 Å². The Hall–Kier alpha value is -2.31. The van der Waals surface area contributed by atoms with Gasteiger partial charge in [-0.3, -0.25) is 4.79 Å². The number of hydrogen-bond acceptors (Lipinski definition) is 4. The first-order chi connectivity index (χ1) is 14.1. The molecule has 1 aliphatic rings. The van der Waals surface area contributed by atoms with E-state index in [0.29, 0.717) is 12.5 Å². The molecule has 29 heavy (non-hydrogen) atoms. The standard InChI is InChI=1S/C23H27N3O2S/c1-25(15-17-7-9-19(29-2)10-8-17)16-22(27)26-13-11-18(12-14-26)23-24-20-5-3-4-6-21(20)28-23/h3-10,18H,11-16H2,1-2H3/p+1. The Balaban J connectivity index is 1.28. The number of likely N-dealkylation sites (tertiary alicyclic amines) is 1. The third-order valence-electron chi connectivity index (χ3n) is 5.63. The van der Waals surface area contributed by atoms with E-state index < -0.39 is 0 Å². The van der Waals surface area contributed by atoms with E-state index >= 15 is 0 Å². The van der Waals surface area contributed by atoms with E-state index in [-0.39, 0.29) is 5.91 Å². The summed E-state index contributed by atoms with van der Waals surface area (Å²) in [6.45, 7) is 2.94. The number of carbonyl (C=O) groups is 1. The zero-order valence-electron chi connectivity index (χ0n) is 17.1. The van der Waals surface area contributed by atoms with E-state index in [1.165, 1.54) is 15.4 Å². The lowest BCUT2D eigenvalue weighted by Gasteiger charge is -2.31. The lowest BCUT2D eigenvalue weighted by molar-refractivity contribution is -0.885. The molecule has 1 unspecified atom stereocenters. The van der Waals surface area contributed by atoms with Gasteiger partial charge in [-0.2, -0.15) is 0 Å². The zero-order chi connectivity index (χ0) is 20.2. The molecule has 1 aromatic heterocycles. The van der Waals surface area contributed by atoms with Crippen LogP contribution in [0.15, 0.2) is 57.8 Å². The average Bonchev–Trinajstić information content (AvgIpc) is 3.18. The highest BCUT2D eigenvalue weighted by atomic mass is 32.2. The number of fused-ring (bicyclic) bond motifs is 1. The number of amides is 1. The lowest BCUT2D eigenvalue weighted by Crippen LogP contribution is -3.08. The molecule has 1 amide bonds. The van der Waals surface area contributed by atoms with Crippen LogP contribution in [-0.4, -0.2) is 48.7 Å². The van der Waals surface area contributed by atoms with Crippen LogP contribution in [0.5, 0.6) is 0 Å². The minimum absolute atomic E-state index is 0.235. The first-order valence-electron chi connectivity index (χ1n) is 10.2. The van der Waals surface area contributed by atoms with Gasteiger partial charge in [0.2, 0.25) is 0 Å². The maximum atomic E-state index is 12.7. The first-order valence-corrected chi connectivity index (χ1v) is 11.4. The Kier molecular flexibility index (Phi) is 6.21. The highest BCUT2D eigenvalue weighted by Gasteiger charge is 2.28. The predicted octanol–water partition coefficient (Wildman–Crippen LogP) is 2.97. The molecule has 0 aliphatic carbocycles. The number of nitrogens with one attached hydrogen (secondary N) is 1. The highest BCUT2D eigenvalue weighted by molar-refractivity contribution is 7.98. The van der Waals surface area contributed by atoms with Crippen LogP contribution in [0.4, 0.5) is 0 Å². The van der Waals surface area contributed by atoms with Crippen LogP contribution >= 0.6 is 11.8 Å². The summed E-state index contributed by atoms with van der Waals surface area (Å²) in [7, 11) is 2.09. The minimum Gasteiger partial charge on any atom is -0.440 e. The number of nitrogens with zero attached hydrogens (tertiary/aromatic N) is 2. The van der Waals surface area contributed by atoms with Gasteiger partial charge in [-0.25, -0.2) is 4.98 Å². The molecule has 3 aromatic rings. The molecule has 152 valence electrons. The quantitative estimate of drug-likeness (QED) is 0.635. The summed E-state index contributed by atoms with van der Waals surface area (Å²) in [5, 5.41) is 0. The topological polar surface area (TPSA) is 50.8 Å². The van der Waals surface area contributed by atoms with Gasteiger partial charge < -0.3 is 14.2 Å². The third-order valence-corrected chi connectivity index (χ3v) is 6.37. The van der Waals surface area contributed by atoms with Crippen molar-refractivity contribution in [3.63, 3.8) is 0 Å². The van der Waals surface area contributed by atoms with Crippen molar-refractivity contribution in [2.45, 2.75) is 30.2 Å². The van der Waals surface area contributed by atoms with E-state index in [1.54, 1.807) is 11.8 Å². The number of benzene rings is 2. The molecule has 4 rings (SSSR count). The van der Waals surface area contributed by atoms with Gasteiger partial charge in [-0.15, -0.1) is 11.8 Å². The molecular formula is C23H28N3O2S+. The van der Waals surface area contributed by atoms with E-state index in [1.807, 2.05) is 29.2 Å². The zero-order valence-corrected chi connectivity index (χ0v) is 17.9. The molecule has 0 bridgehead atoms. The molecule has 2 heterocycles. The molecule has 1 atom stereocenters. The third kappa shape index (κ3) is 4.82. The van der Waals surface area contributed by atoms with E-state index in [4.69, 9.17) is 4.42 Å². The summed E-state index contributed by atoms with van der Waals surface area (Å²) in [5.74, 6) is 1.35. The van der Waals surface area contributed by atoms with Crippen molar-refractivity contribution in [2.75, 3.05) is 32.9 Å². The molecule has 2 aromatic carbocycles. The van der Waals surface area contributed by atoms with Crippen molar-refractivity contribution in [3.05, 3.63) is 60.0 Å². The van der Waals surface area contributed by atoms with E-state index in [2.05, 4.69) is 42.6 Å². The average molecular weight is 411 g/mol. The largest absolute Gasteiger partial charge is 0.440 e. The summed E-state index contributed by atoms with van der Waals surface area (Å²) in [4.78, 5) is 21.9. The summed E-state index contributed by atoms with van der Waals surface area (Å²) >= 11 is 1.75. The Morgan fingerprint density at radius 1 is 1.17 bits per heavy atom. The number of piperidine rings is 1. The number of likely N-dealkylation sites (N-methyl/N-ethyl adjacent to an activating group) is 1. The van der Waals surface area contributed by atoms with Gasteiger partial charge in [-0.1, -0.05) is 24.3 Å². The van der Waals surface area contributed by atoms with Crippen LogP contribution in [0.2, 0.25) is 0 Å². The molecule has 0 saturated carbocycles. The van der Waals surface area contributed by atoms with Gasteiger partial charge in [0.25, 0.3) is 5.91 Å². The number of hydrogen-bond donors (Lipinski definition) is 1. The van der Waals surface area contributed by atoms with Crippen molar-refractivity contribution >= 4 is 28.8 Å². The van der Waals surface area contributed by atoms with Crippen molar-refractivity contribution < 1.29 is 14.1 Å². The van der Waals surface area contributed by atoms with Crippen LogP contribution in [0.25, 0.3) is 11.1 Å². The minimum atomic E-state index is 0.235. The second-order valence-corrected chi connectivity index (χ2v) is 8.71. The smallest absolute Gasteiger partial charge is 0.277 e. The molecule has 5 nitrogen and oxygen atoms in total. The maximum absolute atomic E-state index is 12.7. The molecule has 1 saturated heterocycles. The monoisotopic (exact) mass is 410 g/mol. The number of quaternary nitrogens is 1. The Morgan fingerprint density at radius 2 is 1.90 bits per heavy atom. The number of rotatable bonds is 6. The van der Waals surface area contributed by atoms with Crippen molar-refractivity contribution in [1.29, 1.82) is 0 Å². The molecule has 1 aliphatic heterocycles. The number of oxazole rings is 1. The van der Waals surface area contributed by atoms with Crippen molar-refractivity contribution in [2.24, 2.45) is 0 Å². The highest BCUT2D eigenvalue weighted by Crippen LogP contribution is 2.29. The summed E-state index contributed by atoms with van der Waals surface area (Å²) in [6, 6.07) is 16.5. The van der Waals surface area contributed by atoms with Gasteiger partial charge in [0, 0.05) is 29.5 Å². The van der Waals surface area contributed by atoms with E-state index in [9.17, 15) is 4.79 Å². The van der Waals surface area contributed by atoms with Crippen LogP contribution < -0.4 is 4.90 Å². The van der Waals surface area contributed by atoms with Gasteiger partial charge >= 0.3 is 0 Å². The molecule has 1 N–H and O–H groups in total. The fourth-order valence-electron chi connectivity index (χ4n) is 3.96. The summed E-state index contributed by atoms with van der Waals surface area (Å²) < 4.78 is 5.93. The van der Waals surface area contributed by atoms with Gasteiger partial charge in [0.15, 0.2) is 18.0 Å². The number of aromatic nitrogens is 1. The second kappa shape index (κ2) is 9.01. The van der Waals surface area contributed by atoms with Crippen LogP contribution in [0, 0.1) is 0 Å². The first kappa shape index (κ1) is 20.0. The van der Waals surface area contributed by atoms with Crippen LogP contribution in [0.3, 0.4) is 0 Å². The number of thioether (sulfide) groups is 1. The lowest BCUT2D eigenvalue weighted by atomic mass is 9.97. The fourth-order valence-corrected chi connectivity index (χ4v) is 4.37. The normalized spacial score (nSPS) is 16.3. The van der Waals surface area contributed by atoms with Crippen molar-refractivity contribution in [3.8, 4) is 0 Å². The molecule has 1 fully saturated rings. The van der Waals surface area contributed by atoms with Gasteiger partial charge in [-0.05, 0) is 43.4 Å². The van der Waals surface area contributed by atoms with Crippen molar-refractivity contribution in [1.82, 2.24) is 9.88 Å². The molecule has 0 spiro atoms. The van der Waals surface area contributed by atoms with Crippen LogP contribution in [-0.2, 0) is 11.3 Å². The fraction of sp³-hybridized carbons (Fsp3) is 0.391. The Bertz CT molecular complexity index is 929. The van der Waals surface area contributed by atoms with E-state index in [0.717, 1.165) is 49.5 Å². The molecule has 0 radical (unpaired) electrons. The van der Waals surface area contributed by atoms with Gasteiger partial charge in [0.05, 0.1) is 7.05 Å². The van der Waals surface area contributed by atoms with Gasteiger partial charge in [0.1, 0.15) is 12.1 Å². The number of para-hydroxylation sites is 2. The maximum Gasteiger partial charge on any atom is 0.277 e.